The third kappa shape index (κ3) is 3.16. The van der Waals surface area contributed by atoms with E-state index in [1.165, 1.54) is 22.7 Å². The lowest BCUT2D eigenvalue weighted by Crippen LogP contribution is -2.33. The molecule has 2 aromatic rings. The SMILES string of the molecule is Cc1c(S(=O)(=O)n2cc3c(n2)CN(C(=O)OC(C)(C)C)C3)sc(=O)n1C. The number of carbonyl (C=O) groups excluding carboxylic acids is 1. The van der Waals surface area contributed by atoms with Crippen LogP contribution in [0.4, 0.5) is 4.79 Å². The average molecular weight is 400 g/mol. The predicted octanol–water partition coefficient (Wildman–Crippen LogP) is 1.44. The molecule has 0 aliphatic carbocycles. The molecule has 2 aromatic heterocycles. The minimum absolute atomic E-state index is 0.0322. The number of hydrogen-bond donors (Lipinski definition) is 0. The topological polar surface area (TPSA) is 104 Å². The number of ether oxygens (including phenoxy) is 1. The van der Waals surface area contributed by atoms with Crippen molar-refractivity contribution in [2.75, 3.05) is 0 Å². The van der Waals surface area contributed by atoms with E-state index in [0.717, 1.165) is 4.09 Å². The molecule has 0 saturated carbocycles. The van der Waals surface area contributed by atoms with Crippen LogP contribution in [0.2, 0.25) is 0 Å². The Hall–Kier alpha value is -2.14. The molecule has 0 fully saturated rings. The number of thiazole rings is 1. The molecular formula is C15H20N4O5S2. The molecule has 1 aliphatic heterocycles. The minimum atomic E-state index is -3.95. The van der Waals surface area contributed by atoms with Gasteiger partial charge in [0, 0.05) is 24.5 Å². The number of carbonyl (C=O) groups is 1. The summed E-state index contributed by atoms with van der Waals surface area (Å²) in [6, 6.07) is 0. The first kappa shape index (κ1) is 18.6. The van der Waals surface area contributed by atoms with Crippen LogP contribution in [0.5, 0.6) is 0 Å². The van der Waals surface area contributed by atoms with Crippen molar-refractivity contribution in [2.45, 2.75) is 50.6 Å². The van der Waals surface area contributed by atoms with E-state index in [1.807, 2.05) is 0 Å². The monoisotopic (exact) mass is 400 g/mol. The van der Waals surface area contributed by atoms with E-state index in [9.17, 15) is 18.0 Å². The van der Waals surface area contributed by atoms with Crippen molar-refractivity contribution in [3.63, 3.8) is 0 Å². The van der Waals surface area contributed by atoms with Gasteiger partial charge in [-0.25, -0.2) is 4.79 Å². The smallest absolute Gasteiger partial charge is 0.410 e. The van der Waals surface area contributed by atoms with Gasteiger partial charge in [-0.15, -0.1) is 0 Å². The van der Waals surface area contributed by atoms with E-state index >= 15 is 0 Å². The molecule has 142 valence electrons. The highest BCUT2D eigenvalue weighted by atomic mass is 32.2. The number of amides is 1. The average Bonchev–Trinajstić information content (AvgIpc) is 3.14. The molecule has 0 bridgehead atoms. The summed E-state index contributed by atoms with van der Waals surface area (Å²) in [6.07, 6.45) is 0.917. The fraction of sp³-hybridized carbons (Fsp3) is 0.533. The molecule has 0 saturated heterocycles. The minimum Gasteiger partial charge on any atom is -0.444 e. The Morgan fingerprint density at radius 2 is 1.96 bits per heavy atom. The first-order valence-corrected chi connectivity index (χ1v) is 10.1. The predicted molar refractivity (Wildman–Crippen MR) is 94.6 cm³/mol. The van der Waals surface area contributed by atoms with Gasteiger partial charge in [0.05, 0.1) is 18.8 Å². The lowest BCUT2D eigenvalue weighted by atomic mass is 10.2. The van der Waals surface area contributed by atoms with Crippen LogP contribution in [0.1, 0.15) is 37.7 Å². The highest BCUT2D eigenvalue weighted by Crippen LogP contribution is 2.27. The Kier molecular flexibility index (Phi) is 4.26. The zero-order chi connectivity index (χ0) is 19.4. The zero-order valence-electron chi connectivity index (χ0n) is 15.1. The standard InChI is InChI=1S/C15H20N4O5S2/c1-9-12(25-14(21)17(9)5)26(22,23)19-7-10-6-18(8-11(10)16-19)13(20)24-15(2,3)4/h7H,6,8H2,1-5H3. The molecule has 11 heteroatoms. The van der Waals surface area contributed by atoms with Crippen LogP contribution < -0.4 is 4.87 Å². The molecule has 26 heavy (non-hydrogen) atoms. The van der Waals surface area contributed by atoms with Gasteiger partial charge in [0.25, 0.3) is 10.0 Å². The summed E-state index contributed by atoms with van der Waals surface area (Å²) in [5.74, 6) is 0. The first-order chi connectivity index (χ1) is 11.9. The normalized spacial score (nSPS) is 14.6. The molecule has 0 spiro atoms. The van der Waals surface area contributed by atoms with Gasteiger partial charge in [-0.1, -0.05) is 11.3 Å². The van der Waals surface area contributed by atoms with Crippen LogP contribution in [-0.4, -0.2) is 38.8 Å². The molecule has 3 rings (SSSR count). The summed E-state index contributed by atoms with van der Waals surface area (Å²) >= 11 is 0.669. The second-order valence-corrected chi connectivity index (χ2v) is 10.1. The number of nitrogens with zero attached hydrogens (tertiary/aromatic N) is 4. The van der Waals surface area contributed by atoms with Crippen LogP contribution in [-0.2, 0) is 34.9 Å². The maximum Gasteiger partial charge on any atom is 0.410 e. The van der Waals surface area contributed by atoms with Gasteiger partial charge in [0.1, 0.15) is 5.60 Å². The Morgan fingerprint density at radius 1 is 1.31 bits per heavy atom. The number of hydrogen-bond acceptors (Lipinski definition) is 7. The van der Waals surface area contributed by atoms with E-state index in [-0.39, 0.29) is 22.2 Å². The largest absolute Gasteiger partial charge is 0.444 e. The lowest BCUT2D eigenvalue weighted by Gasteiger charge is -2.24. The van der Waals surface area contributed by atoms with Crippen molar-refractivity contribution < 1.29 is 17.9 Å². The van der Waals surface area contributed by atoms with Crippen molar-refractivity contribution in [1.29, 1.82) is 0 Å². The van der Waals surface area contributed by atoms with Crippen LogP contribution >= 0.6 is 11.3 Å². The molecule has 0 atom stereocenters. The summed E-state index contributed by atoms with van der Waals surface area (Å²) in [5.41, 5.74) is 0.898. The van der Waals surface area contributed by atoms with E-state index in [0.29, 0.717) is 28.3 Å². The molecule has 1 aliphatic rings. The second-order valence-electron chi connectivity index (χ2n) is 7.11. The van der Waals surface area contributed by atoms with Gasteiger partial charge >= 0.3 is 11.0 Å². The molecule has 0 radical (unpaired) electrons. The maximum absolute atomic E-state index is 12.8. The first-order valence-electron chi connectivity index (χ1n) is 7.87. The van der Waals surface area contributed by atoms with Crippen LogP contribution in [0.25, 0.3) is 0 Å². The van der Waals surface area contributed by atoms with Crippen LogP contribution in [0.3, 0.4) is 0 Å². The van der Waals surface area contributed by atoms with Crippen molar-refractivity contribution in [3.8, 4) is 0 Å². The van der Waals surface area contributed by atoms with E-state index in [2.05, 4.69) is 5.10 Å². The van der Waals surface area contributed by atoms with Gasteiger partial charge in [0.15, 0.2) is 4.21 Å². The van der Waals surface area contributed by atoms with Gasteiger partial charge in [-0.2, -0.15) is 17.6 Å². The Labute approximate surface area is 154 Å². The number of fused-ring (bicyclic) bond motifs is 1. The molecule has 0 aromatic carbocycles. The number of aromatic nitrogens is 3. The molecule has 0 unspecified atom stereocenters. The fourth-order valence-electron chi connectivity index (χ4n) is 2.53. The Balaban J connectivity index is 1.86. The van der Waals surface area contributed by atoms with Gasteiger partial charge in [-0.3, -0.25) is 9.69 Å². The fourth-order valence-corrected chi connectivity index (χ4v) is 5.26. The van der Waals surface area contributed by atoms with E-state index in [4.69, 9.17) is 4.74 Å². The zero-order valence-corrected chi connectivity index (χ0v) is 16.8. The highest BCUT2D eigenvalue weighted by Gasteiger charge is 2.33. The third-order valence-electron chi connectivity index (χ3n) is 3.94. The second kappa shape index (κ2) is 5.95. The summed E-state index contributed by atoms with van der Waals surface area (Å²) in [4.78, 5) is 25.0. The summed E-state index contributed by atoms with van der Waals surface area (Å²) in [7, 11) is -2.42. The summed E-state index contributed by atoms with van der Waals surface area (Å²) in [6.45, 7) is 7.31. The van der Waals surface area contributed by atoms with Crippen molar-refractivity contribution >= 4 is 27.5 Å². The third-order valence-corrected chi connectivity index (χ3v) is 7.20. The maximum atomic E-state index is 12.8. The van der Waals surface area contributed by atoms with E-state index < -0.39 is 21.7 Å². The van der Waals surface area contributed by atoms with Gasteiger partial charge in [0.2, 0.25) is 0 Å². The Morgan fingerprint density at radius 3 is 2.46 bits per heavy atom. The van der Waals surface area contributed by atoms with E-state index in [1.54, 1.807) is 27.7 Å². The van der Waals surface area contributed by atoms with Crippen molar-refractivity contribution in [1.82, 2.24) is 18.7 Å². The summed E-state index contributed by atoms with van der Waals surface area (Å²) < 4.78 is 33.0. The highest BCUT2D eigenvalue weighted by molar-refractivity contribution is 7.91. The van der Waals surface area contributed by atoms with Crippen LogP contribution in [0.15, 0.2) is 15.2 Å². The quantitative estimate of drug-likeness (QED) is 0.756. The molecule has 3 heterocycles. The van der Waals surface area contributed by atoms with Crippen molar-refractivity contribution in [3.05, 3.63) is 32.8 Å². The molecular weight excluding hydrogens is 380 g/mol. The number of rotatable bonds is 2. The summed E-state index contributed by atoms with van der Waals surface area (Å²) in [5, 5.41) is 4.12. The lowest BCUT2D eigenvalue weighted by molar-refractivity contribution is 0.0239. The van der Waals surface area contributed by atoms with Crippen molar-refractivity contribution in [2.24, 2.45) is 7.05 Å². The van der Waals surface area contributed by atoms with Gasteiger partial charge in [-0.05, 0) is 27.7 Å². The Bertz CT molecular complexity index is 1020. The molecule has 1 amide bonds. The molecule has 0 N–H and O–H groups in total. The van der Waals surface area contributed by atoms with Crippen LogP contribution in [0, 0.1) is 6.92 Å². The molecule has 9 nitrogen and oxygen atoms in total. The van der Waals surface area contributed by atoms with Gasteiger partial charge < -0.3 is 9.30 Å².